The minimum absolute atomic E-state index is 0.244. The lowest BCUT2D eigenvalue weighted by molar-refractivity contribution is 0.109. The molecule has 0 aromatic heterocycles. The number of aliphatic hydroxyl groups is 1. The van der Waals surface area contributed by atoms with E-state index in [9.17, 15) is 5.11 Å². The first-order chi connectivity index (χ1) is 8.08. The monoisotopic (exact) mass is 242 g/mol. The summed E-state index contributed by atoms with van der Waals surface area (Å²) in [5.74, 6) is 0.860. The smallest absolute Gasteiger partial charge is 0.0791 e. The highest BCUT2D eigenvalue weighted by Crippen LogP contribution is 2.23. The number of nitrogens with one attached hydrogen (secondary N) is 1. The van der Waals surface area contributed by atoms with Crippen molar-refractivity contribution in [2.75, 3.05) is 26.7 Å². The first kappa shape index (κ1) is 14.9. The van der Waals surface area contributed by atoms with Gasteiger partial charge in [-0.05, 0) is 25.8 Å². The maximum Gasteiger partial charge on any atom is 0.0791 e. The third kappa shape index (κ3) is 7.02. The Hall–Kier alpha value is -0.120. The molecule has 1 aliphatic carbocycles. The Morgan fingerprint density at radius 2 is 1.88 bits per heavy atom. The van der Waals surface area contributed by atoms with Gasteiger partial charge < -0.3 is 15.3 Å². The van der Waals surface area contributed by atoms with E-state index in [0.717, 1.165) is 19.0 Å². The van der Waals surface area contributed by atoms with Gasteiger partial charge in [-0.15, -0.1) is 0 Å². The summed E-state index contributed by atoms with van der Waals surface area (Å²) in [6.45, 7) is 6.86. The van der Waals surface area contributed by atoms with Crippen molar-refractivity contribution < 1.29 is 5.11 Å². The summed E-state index contributed by atoms with van der Waals surface area (Å²) in [5.41, 5.74) is 0. The fourth-order valence-electron chi connectivity index (χ4n) is 2.68. The first-order valence-corrected chi connectivity index (χ1v) is 7.18. The molecule has 0 aromatic rings. The van der Waals surface area contributed by atoms with Gasteiger partial charge in [0.25, 0.3) is 0 Å². The third-order valence-corrected chi connectivity index (χ3v) is 3.58. The molecule has 1 saturated carbocycles. The second-order valence-electron chi connectivity index (χ2n) is 5.94. The van der Waals surface area contributed by atoms with Crippen LogP contribution in [0.3, 0.4) is 0 Å². The molecular weight excluding hydrogens is 212 g/mol. The van der Waals surface area contributed by atoms with Gasteiger partial charge in [0.2, 0.25) is 0 Å². The molecule has 0 radical (unpaired) electrons. The quantitative estimate of drug-likeness (QED) is 0.715. The van der Waals surface area contributed by atoms with Crippen molar-refractivity contribution in [3.63, 3.8) is 0 Å². The van der Waals surface area contributed by atoms with Crippen LogP contribution in [0.4, 0.5) is 0 Å². The molecule has 3 heteroatoms. The van der Waals surface area contributed by atoms with Crippen LogP contribution in [0.5, 0.6) is 0 Å². The van der Waals surface area contributed by atoms with E-state index in [-0.39, 0.29) is 6.10 Å². The average Bonchev–Trinajstić information content (AvgIpc) is 2.27. The van der Waals surface area contributed by atoms with E-state index in [0.29, 0.717) is 12.6 Å². The van der Waals surface area contributed by atoms with Crippen LogP contribution in [-0.4, -0.2) is 48.8 Å². The van der Waals surface area contributed by atoms with E-state index in [1.165, 1.54) is 32.1 Å². The summed E-state index contributed by atoms with van der Waals surface area (Å²) in [5, 5.41) is 13.2. The topological polar surface area (TPSA) is 35.5 Å². The van der Waals surface area contributed by atoms with Gasteiger partial charge in [0.1, 0.15) is 0 Å². The number of hydrogen-bond acceptors (Lipinski definition) is 3. The fraction of sp³-hybridized carbons (Fsp3) is 1.00. The molecule has 102 valence electrons. The second kappa shape index (κ2) is 8.06. The molecule has 1 aliphatic rings. The maximum absolute atomic E-state index is 9.89. The lowest BCUT2D eigenvalue weighted by Crippen LogP contribution is -2.40. The maximum atomic E-state index is 9.89. The molecule has 0 saturated heterocycles. The van der Waals surface area contributed by atoms with E-state index in [4.69, 9.17) is 0 Å². The van der Waals surface area contributed by atoms with Crippen molar-refractivity contribution in [1.29, 1.82) is 0 Å². The normalized spacial score (nSPS) is 20.1. The molecule has 2 N–H and O–H groups in total. The van der Waals surface area contributed by atoms with Gasteiger partial charge in [-0.1, -0.05) is 33.1 Å². The number of aliphatic hydroxyl groups excluding tert-OH is 1. The largest absolute Gasteiger partial charge is 0.390 e. The van der Waals surface area contributed by atoms with Crippen molar-refractivity contribution in [3.8, 4) is 0 Å². The second-order valence-corrected chi connectivity index (χ2v) is 5.94. The summed E-state index contributed by atoms with van der Waals surface area (Å²) in [7, 11) is 2.13. The Labute approximate surface area is 107 Å². The Kier molecular flexibility index (Phi) is 7.09. The SMILES string of the molecule is CC(C)NCC(O)CN(C)CC1CCCCC1. The number of nitrogens with zero attached hydrogens (tertiary/aromatic N) is 1. The van der Waals surface area contributed by atoms with Crippen LogP contribution in [0.15, 0.2) is 0 Å². The Bertz CT molecular complexity index is 191. The zero-order valence-electron chi connectivity index (χ0n) is 11.8. The molecule has 0 aliphatic heterocycles. The van der Waals surface area contributed by atoms with Gasteiger partial charge in [-0.3, -0.25) is 0 Å². The molecule has 0 bridgehead atoms. The van der Waals surface area contributed by atoms with Gasteiger partial charge in [0, 0.05) is 25.7 Å². The summed E-state index contributed by atoms with van der Waals surface area (Å²) in [4.78, 5) is 2.29. The van der Waals surface area contributed by atoms with Gasteiger partial charge in [-0.25, -0.2) is 0 Å². The van der Waals surface area contributed by atoms with E-state index in [1.807, 2.05) is 0 Å². The molecular formula is C14H30N2O. The Balaban J connectivity index is 2.12. The molecule has 1 atom stereocenters. The van der Waals surface area contributed by atoms with Crippen molar-refractivity contribution in [1.82, 2.24) is 10.2 Å². The predicted octanol–water partition coefficient (Wildman–Crippen LogP) is 1.86. The van der Waals surface area contributed by atoms with Crippen molar-refractivity contribution in [3.05, 3.63) is 0 Å². The minimum Gasteiger partial charge on any atom is -0.390 e. The fourth-order valence-corrected chi connectivity index (χ4v) is 2.68. The molecule has 3 nitrogen and oxygen atoms in total. The van der Waals surface area contributed by atoms with E-state index < -0.39 is 0 Å². The van der Waals surface area contributed by atoms with Gasteiger partial charge >= 0.3 is 0 Å². The van der Waals surface area contributed by atoms with Crippen LogP contribution in [0, 0.1) is 5.92 Å². The standard InChI is InChI=1S/C14H30N2O/c1-12(2)15-9-14(17)11-16(3)10-13-7-5-4-6-8-13/h12-15,17H,4-11H2,1-3H3. The molecule has 0 amide bonds. The van der Waals surface area contributed by atoms with Gasteiger partial charge in [0.05, 0.1) is 6.10 Å². The first-order valence-electron chi connectivity index (χ1n) is 7.18. The molecule has 1 fully saturated rings. The van der Waals surface area contributed by atoms with Crippen LogP contribution in [0.25, 0.3) is 0 Å². The zero-order chi connectivity index (χ0) is 12.7. The molecule has 1 unspecified atom stereocenters. The Morgan fingerprint density at radius 3 is 2.47 bits per heavy atom. The van der Waals surface area contributed by atoms with Crippen LogP contribution >= 0.6 is 0 Å². The van der Waals surface area contributed by atoms with Crippen LogP contribution in [-0.2, 0) is 0 Å². The zero-order valence-corrected chi connectivity index (χ0v) is 11.8. The lowest BCUT2D eigenvalue weighted by Gasteiger charge is -2.28. The predicted molar refractivity (Wildman–Crippen MR) is 73.2 cm³/mol. The Morgan fingerprint density at radius 1 is 1.24 bits per heavy atom. The van der Waals surface area contributed by atoms with Gasteiger partial charge in [0.15, 0.2) is 0 Å². The summed E-state index contributed by atoms with van der Waals surface area (Å²) in [6, 6.07) is 0.452. The molecule has 0 spiro atoms. The summed E-state index contributed by atoms with van der Waals surface area (Å²) in [6.07, 6.45) is 6.73. The van der Waals surface area contributed by atoms with Crippen LogP contribution in [0.2, 0.25) is 0 Å². The highest BCUT2D eigenvalue weighted by molar-refractivity contribution is 4.71. The molecule has 17 heavy (non-hydrogen) atoms. The molecule has 1 rings (SSSR count). The van der Waals surface area contributed by atoms with Crippen LogP contribution < -0.4 is 5.32 Å². The number of hydrogen-bond donors (Lipinski definition) is 2. The summed E-state index contributed by atoms with van der Waals surface area (Å²) >= 11 is 0. The number of likely N-dealkylation sites (N-methyl/N-ethyl adjacent to an activating group) is 1. The molecule has 0 aromatic carbocycles. The van der Waals surface area contributed by atoms with Gasteiger partial charge in [-0.2, -0.15) is 0 Å². The summed E-state index contributed by atoms with van der Waals surface area (Å²) < 4.78 is 0. The van der Waals surface area contributed by atoms with Crippen molar-refractivity contribution in [2.24, 2.45) is 5.92 Å². The van der Waals surface area contributed by atoms with E-state index in [2.05, 4.69) is 31.1 Å². The highest BCUT2D eigenvalue weighted by atomic mass is 16.3. The minimum atomic E-state index is -0.244. The lowest BCUT2D eigenvalue weighted by atomic mass is 9.89. The van der Waals surface area contributed by atoms with E-state index >= 15 is 0 Å². The molecule has 0 heterocycles. The van der Waals surface area contributed by atoms with Crippen molar-refractivity contribution >= 4 is 0 Å². The average molecular weight is 242 g/mol. The highest BCUT2D eigenvalue weighted by Gasteiger charge is 2.16. The van der Waals surface area contributed by atoms with Crippen molar-refractivity contribution in [2.45, 2.75) is 58.1 Å². The number of rotatable bonds is 7. The van der Waals surface area contributed by atoms with E-state index in [1.54, 1.807) is 0 Å². The van der Waals surface area contributed by atoms with Crippen LogP contribution in [0.1, 0.15) is 46.0 Å². The third-order valence-electron chi connectivity index (χ3n) is 3.58.